The van der Waals surface area contributed by atoms with Gasteiger partial charge in [0.1, 0.15) is 5.54 Å². The molecule has 2 aromatic rings. The van der Waals surface area contributed by atoms with Crippen LogP contribution in [0.2, 0.25) is 0 Å². The van der Waals surface area contributed by atoms with Crippen molar-refractivity contribution in [1.29, 1.82) is 0 Å². The van der Waals surface area contributed by atoms with Crippen LogP contribution in [0.3, 0.4) is 0 Å². The summed E-state index contributed by atoms with van der Waals surface area (Å²) < 4.78 is 0.984. The summed E-state index contributed by atoms with van der Waals surface area (Å²) in [5.74, 6) is 0.218. The number of carbonyl (C=O) groups excluding carboxylic acids is 1. The zero-order valence-electron chi connectivity index (χ0n) is 11.4. The van der Waals surface area contributed by atoms with Gasteiger partial charge in [0.15, 0.2) is 5.96 Å². The maximum absolute atomic E-state index is 12.3. The molecule has 1 aliphatic heterocycles. The Morgan fingerprint density at radius 1 is 1.38 bits per heavy atom. The smallest absolute Gasteiger partial charge is 0.232 e. The maximum Gasteiger partial charge on any atom is 0.232 e. The van der Waals surface area contributed by atoms with Crippen LogP contribution in [0, 0.1) is 0 Å². The first kappa shape index (κ1) is 14.3. The van der Waals surface area contributed by atoms with Crippen molar-refractivity contribution in [2.24, 2.45) is 10.7 Å². The molecule has 1 aromatic heterocycles. The number of carbonyl (C=O) groups is 1. The van der Waals surface area contributed by atoms with Gasteiger partial charge in [-0.2, -0.15) is 0 Å². The topological polar surface area (TPSA) is 58.7 Å². The lowest BCUT2D eigenvalue weighted by molar-refractivity contribution is -0.128. The Morgan fingerprint density at radius 2 is 2.10 bits per heavy atom. The average molecular weight is 364 g/mol. The first-order chi connectivity index (χ1) is 10.0. The van der Waals surface area contributed by atoms with Crippen molar-refractivity contribution in [3.05, 3.63) is 56.7 Å². The minimum atomic E-state index is -0.731. The van der Waals surface area contributed by atoms with Crippen molar-refractivity contribution in [2.45, 2.75) is 12.0 Å². The maximum atomic E-state index is 12.3. The molecule has 6 heteroatoms. The predicted molar refractivity (Wildman–Crippen MR) is 88.3 cm³/mol. The zero-order chi connectivity index (χ0) is 15.0. The normalized spacial score (nSPS) is 22.3. The van der Waals surface area contributed by atoms with E-state index in [0.717, 1.165) is 14.9 Å². The molecule has 4 nitrogen and oxygen atoms in total. The fourth-order valence-corrected chi connectivity index (χ4v) is 4.06. The first-order valence-corrected chi connectivity index (χ1v) is 8.12. The van der Waals surface area contributed by atoms with Crippen molar-refractivity contribution < 1.29 is 4.79 Å². The standard InChI is InChI=1S/C15H14BrN3OS/c1-19-13(20)8-15(18-14(19)17,10-5-3-2-4-6-10)12-7-11(16)9-21-12/h2-7,9H,8H2,1H3,(H2,17,18). The SMILES string of the molecule is CN1C(=O)CC(c2ccccc2)(c2cc(Br)cs2)N=C1N. The van der Waals surface area contributed by atoms with Crippen LogP contribution in [0.5, 0.6) is 0 Å². The van der Waals surface area contributed by atoms with Gasteiger partial charge in [0.25, 0.3) is 0 Å². The van der Waals surface area contributed by atoms with Crippen molar-refractivity contribution in [3.8, 4) is 0 Å². The molecule has 0 fully saturated rings. The van der Waals surface area contributed by atoms with Gasteiger partial charge < -0.3 is 5.73 Å². The number of guanidine groups is 1. The Hall–Kier alpha value is -1.66. The van der Waals surface area contributed by atoms with Crippen LogP contribution in [0.25, 0.3) is 0 Å². The highest BCUT2D eigenvalue weighted by Crippen LogP contribution is 2.43. The van der Waals surface area contributed by atoms with E-state index in [1.54, 1.807) is 18.4 Å². The second kappa shape index (κ2) is 5.27. The van der Waals surface area contributed by atoms with Gasteiger partial charge in [-0.15, -0.1) is 11.3 Å². The number of rotatable bonds is 2. The van der Waals surface area contributed by atoms with Crippen LogP contribution in [-0.2, 0) is 10.3 Å². The molecule has 0 saturated carbocycles. The number of aliphatic imine (C=N–C) groups is 1. The number of nitrogens with two attached hydrogens (primary N) is 1. The highest BCUT2D eigenvalue weighted by Gasteiger charge is 2.42. The number of thiophene rings is 1. The molecule has 0 spiro atoms. The number of halogens is 1. The molecule has 21 heavy (non-hydrogen) atoms. The second-order valence-electron chi connectivity index (χ2n) is 4.96. The third kappa shape index (κ3) is 2.38. The van der Waals surface area contributed by atoms with E-state index in [4.69, 9.17) is 5.73 Å². The van der Waals surface area contributed by atoms with Crippen molar-refractivity contribution in [3.63, 3.8) is 0 Å². The minimum absolute atomic E-state index is 0.0316. The van der Waals surface area contributed by atoms with Crippen LogP contribution in [-0.4, -0.2) is 23.8 Å². The van der Waals surface area contributed by atoms with E-state index < -0.39 is 5.54 Å². The van der Waals surface area contributed by atoms with Gasteiger partial charge in [0.2, 0.25) is 5.91 Å². The second-order valence-corrected chi connectivity index (χ2v) is 6.78. The molecule has 0 bridgehead atoms. The molecule has 0 saturated heterocycles. The van der Waals surface area contributed by atoms with Gasteiger partial charge in [-0.3, -0.25) is 9.69 Å². The molecular weight excluding hydrogens is 350 g/mol. The molecule has 1 aromatic carbocycles. The Labute approximate surface area is 135 Å². The van der Waals surface area contributed by atoms with Gasteiger partial charge in [-0.05, 0) is 27.6 Å². The molecule has 0 aliphatic carbocycles. The molecule has 1 aliphatic rings. The van der Waals surface area contributed by atoms with Crippen molar-refractivity contribution in [1.82, 2.24) is 4.90 Å². The molecule has 1 atom stereocenters. The fraction of sp³-hybridized carbons (Fsp3) is 0.200. The number of benzene rings is 1. The largest absolute Gasteiger partial charge is 0.369 e. The molecule has 1 unspecified atom stereocenters. The van der Waals surface area contributed by atoms with E-state index in [2.05, 4.69) is 20.9 Å². The summed E-state index contributed by atoms with van der Waals surface area (Å²) in [4.78, 5) is 19.4. The van der Waals surface area contributed by atoms with E-state index in [9.17, 15) is 4.79 Å². The third-order valence-corrected chi connectivity index (χ3v) is 5.50. The van der Waals surface area contributed by atoms with E-state index in [-0.39, 0.29) is 18.3 Å². The van der Waals surface area contributed by atoms with Crippen LogP contribution < -0.4 is 5.73 Å². The van der Waals surface area contributed by atoms with E-state index >= 15 is 0 Å². The van der Waals surface area contributed by atoms with Gasteiger partial charge in [-0.1, -0.05) is 30.3 Å². The summed E-state index contributed by atoms with van der Waals surface area (Å²) in [5.41, 5.74) is 6.22. The molecule has 3 rings (SSSR count). The molecule has 0 radical (unpaired) electrons. The number of hydrogen-bond acceptors (Lipinski definition) is 4. The molecular formula is C15H14BrN3OS. The van der Waals surface area contributed by atoms with Gasteiger partial charge >= 0.3 is 0 Å². The fourth-order valence-electron chi connectivity index (χ4n) is 2.47. The summed E-state index contributed by atoms with van der Waals surface area (Å²) in [7, 11) is 1.65. The molecule has 2 N–H and O–H groups in total. The van der Waals surface area contributed by atoms with Crippen molar-refractivity contribution in [2.75, 3.05) is 7.05 Å². The number of amides is 1. The zero-order valence-corrected chi connectivity index (χ0v) is 13.8. The van der Waals surface area contributed by atoms with Crippen LogP contribution in [0.1, 0.15) is 16.9 Å². The summed E-state index contributed by atoms with van der Waals surface area (Å²) >= 11 is 5.05. The molecule has 108 valence electrons. The quantitative estimate of drug-likeness (QED) is 0.891. The van der Waals surface area contributed by atoms with Crippen LogP contribution >= 0.6 is 27.3 Å². The highest BCUT2D eigenvalue weighted by atomic mass is 79.9. The van der Waals surface area contributed by atoms with E-state index in [0.29, 0.717) is 0 Å². The average Bonchev–Trinajstić information content (AvgIpc) is 2.92. The highest BCUT2D eigenvalue weighted by molar-refractivity contribution is 9.10. The Morgan fingerprint density at radius 3 is 2.67 bits per heavy atom. The Bertz CT molecular complexity index is 713. The van der Waals surface area contributed by atoms with Gasteiger partial charge in [0.05, 0.1) is 6.42 Å². The van der Waals surface area contributed by atoms with Crippen LogP contribution in [0.15, 0.2) is 51.2 Å². The Kier molecular flexibility index (Phi) is 3.59. The lowest BCUT2D eigenvalue weighted by atomic mass is 9.84. The van der Waals surface area contributed by atoms with Crippen molar-refractivity contribution >= 4 is 39.1 Å². The summed E-state index contributed by atoms with van der Waals surface area (Å²) in [6.45, 7) is 0. The first-order valence-electron chi connectivity index (χ1n) is 6.45. The lowest BCUT2D eigenvalue weighted by Crippen LogP contribution is -2.48. The van der Waals surface area contributed by atoms with Crippen LogP contribution in [0.4, 0.5) is 0 Å². The minimum Gasteiger partial charge on any atom is -0.369 e. The van der Waals surface area contributed by atoms with Gasteiger partial charge in [0, 0.05) is 21.8 Å². The summed E-state index contributed by atoms with van der Waals surface area (Å²) in [5, 5.41) is 1.99. The van der Waals surface area contributed by atoms with E-state index in [1.807, 2.05) is 41.8 Å². The van der Waals surface area contributed by atoms with E-state index in [1.165, 1.54) is 4.90 Å². The molecule has 1 amide bonds. The van der Waals surface area contributed by atoms with Gasteiger partial charge in [-0.25, -0.2) is 4.99 Å². The third-order valence-electron chi connectivity index (χ3n) is 3.66. The lowest BCUT2D eigenvalue weighted by Gasteiger charge is -2.35. The predicted octanol–water partition coefficient (Wildman–Crippen LogP) is 2.93. The summed E-state index contributed by atoms with van der Waals surface area (Å²) in [6.07, 6.45) is 0.279. The monoisotopic (exact) mass is 363 g/mol. The summed E-state index contributed by atoms with van der Waals surface area (Å²) in [6, 6.07) is 11.8. The molecule has 2 heterocycles. The Balaban J connectivity index is 2.24. The number of hydrogen-bond donors (Lipinski definition) is 1. The number of nitrogens with zero attached hydrogens (tertiary/aromatic N) is 2.